The number of nitrogens with zero attached hydrogens (tertiary/aromatic N) is 4. The van der Waals surface area contributed by atoms with Crippen molar-refractivity contribution in [1.29, 1.82) is 0 Å². The van der Waals surface area contributed by atoms with E-state index in [2.05, 4.69) is 27.7 Å². The second kappa shape index (κ2) is 6.00. The fraction of sp³-hybridized carbons (Fsp3) is 0.611. The Labute approximate surface area is 151 Å². The lowest BCUT2D eigenvalue weighted by atomic mass is 9.94. The minimum Gasteiger partial charge on any atom is -0.370 e. The first-order chi connectivity index (χ1) is 11.9. The number of rotatable bonds is 4. The van der Waals surface area contributed by atoms with Crippen LogP contribution in [0.3, 0.4) is 0 Å². The lowest BCUT2D eigenvalue weighted by Crippen LogP contribution is -3.10. The predicted molar refractivity (Wildman–Crippen MR) is 99.2 cm³/mol. The number of aryl methyl sites for hydroxylation is 1. The number of aromatic nitrogens is 4. The van der Waals surface area contributed by atoms with Crippen LogP contribution in [0.1, 0.15) is 49.8 Å². The fourth-order valence-corrected chi connectivity index (χ4v) is 4.73. The Bertz CT molecular complexity index is 938. The zero-order chi connectivity index (χ0) is 17.8. The largest absolute Gasteiger partial charge is 0.370 e. The van der Waals surface area contributed by atoms with E-state index in [1.165, 1.54) is 20.7 Å². The summed E-state index contributed by atoms with van der Waals surface area (Å²) in [6, 6.07) is 0. The number of thiophene rings is 1. The van der Waals surface area contributed by atoms with Gasteiger partial charge in [-0.15, -0.1) is 16.4 Å². The zero-order valence-electron chi connectivity index (χ0n) is 15.6. The van der Waals surface area contributed by atoms with Crippen molar-refractivity contribution in [3.05, 3.63) is 22.1 Å². The molecule has 0 atom stereocenters. The molecule has 1 aliphatic rings. The molecule has 0 radical (unpaired) electrons. The minimum atomic E-state index is -0.142. The summed E-state index contributed by atoms with van der Waals surface area (Å²) in [5.74, 6) is 1.80. The number of hydrogen-bond donors (Lipinski definition) is 1. The van der Waals surface area contributed by atoms with E-state index in [0.29, 0.717) is 6.61 Å². The van der Waals surface area contributed by atoms with E-state index in [9.17, 15) is 0 Å². The first kappa shape index (κ1) is 16.9. The summed E-state index contributed by atoms with van der Waals surface area (Å²) < 4.78 is 7.91. The maximum atomic E-state index is 5.99. The molecule has 4 heterocycles. The molecule has 6 nitrogen and oxygen atoms in total. The lowest BCUT2D eigenvalue weighted by molar-refractivity contribution is -0.910. The molecule has 1 aliphatic heterocycles. The van der Waals surface area contributed by atoms with E-state index in [-0.39, 0.29) is 5.60 Å². The molecule has 7 heteroatoms. The molecule has 0 unspecified atom stereocenters. The molecule has 0 saturated carbocycles. The molecule has 25 heavy (non-hydrogen) atoms. The second-order valence-electron chi connectivity index (χ2n) is 7.47. The second-order valence-corrected chi connectivity index (χ2v) is 8.55. The number of quaternary nitrogens is 1. The number of fused-ring (bicyclic) bond motifs is 5. The molecule has 0 spiro atoms. The van der Waals surface area contributed by atoms with Gasteiger partial charge in [-0.05, 0) is 40.2 Å². The van der Waals surface area contributed by atoms with Gasteiger partial charge in [-0.25, -0.2) is 9.97 Å². The average molecular weight is 361 g/mol. The Balaban J connectivity index is 1.90. The van der Waals surface area contributed by atoms with Gasteiger partial charge in [-0.2, -0.15) is 4.52 Å². The van der Waals surface area contributed by atoms with Crippen molar-refractivity contribution < 1.29 is 9.64 Å². The van der Waals surface area contributed by atoms with E-state index < -0.39 is 0 Å². The standard InChI is InChI=1S/C18H25N5OS/c1-6-22(7-2)9-14-20-16-15-12-8-18(4,5)24-10-13(12)25-17(15)19-11(3)23(16)21-14/h6-10H2,1-5H3/p+1. The number of hydrogen-bond acceptors (Lipinski definition) is 5. The van der Waals surface area contributed by atoms with Crippen LogP contribution in [0.25, 0.3) is 15.9 Å². The van der Waals surface area contributed by atoms with Gasteiger partial charge in [0.1, 0.15) is 17.2 Å². The van der Waals surface area contributed by atoms with E-state index in [0.717, 1.165) is 48.2 Å². The summed E-state index contributed by atoms with van der Waals surface area (Å²) in [5.41, 5.74) is 2.17. The van der Waals surface area contributed by atoms with Gasteiger partial charge in [0.25, 0.3) is 0 Å². The Kier molecular flexibility index (Phi) is 4.05. The van der Waals surface area contributed by atoms with Gasteiger partial charge in [0.2, 0.25) is 5.82 Å². The molecular formula is C18H26N5OS+. The van der Waals surface area contributed by atoms with Crippen molar-refractivity contribution in [2.75, 3.05) is 13.1 Å². The van der Waals surface area contributed by atoms with Gasteiger partial charge >= 0.3 is 0 Å². The number of nitrogens with one attached hydrogen (secondary N) is 1. The highest BCUT2D eigenvalue weighted by atomic mass is 32.1. The van der Waals surface area contributed by atoms with Gasteiger partial charge in [-0.1, -0.05) is 0 Å². The summed E-state index contributed by atoms with van der Waals surface area (Å²) in [6.07, 6.45) is 0.895. The van der Waals surface area contributed by atoms with Gasteiger partial charge in [-0.3, -0.25) is 0 Å². The molecule has 0 fully saturated rings. The van der Waals surface area contributed by atoms with Crippen LogP contribution in [0, 0.1) is 6.92 Å². The maximum absolute atomic E-state index is 5.99. The topological polar surface area (TPSA) is 56.8 Å². The van der Waals surface area contributed by atoms with Crippen LogP contribution in [-0.4, -0.2) is 38.3 Å². The lowest BCUT2D eigenvalue weighted by Gasteiger charge is -2.30. The van der Waals surface area contributed by atoms with E-state index >= 15 is 0 Å². The summed E-state index contributed by atoms with van der Waals surface area (Å²) in [4.78, 5) is 13.6. The van der Waals surface area contributed by atoms with Gasteiger partial charge in [0, 0.05) is 11.3 Å². The smallest absolute Gasteiger partial charge is 0.206 e. The third kappa shape index (κ3) is 2.84. The van der Waals surface area contributed by atoms with Crippen molar-refractivity contribution in [1.82, 2.24) is 19.6 Å². The average Bonchev–Trinajstić information content (AvgIpc) is 3.12. The van der Waals surface area contributed by atoms with Crippen LogP contribution < -0.4 is 4.90 Å². The third-order valence-electron chi connectivity index (χ3n) is 5.12. The van der Waals surface area contributed by atoms with Crippen LogP contribution in [0.15, 0.2) is 0 Å². The molecule has 0 amide bonds. The SMILES string of the molecule is CC[NH+](CC)Cc1nc2c3c4c(sc3nc(C)n2n1)COC(C)(C)C4. The first-order valence-electron chi connectivity index (χ1n) is 9.06. The molecule has 0 aliphatic carbocycles. The predicted octanol–water partition coefficient (Wildman–Crippen LogP) is 1.92. The van der Waals surface area contributed by atoms with E-state index in [4.69, 9.17) is 19.8 Å². The molecule has 3 aromatic rings. The summed E-state index contributed by atoms with van der Waals surface area (Å²) in [7, 11) is 0. The monoisotopic (exact) mass is 360 g/mol. The molecule has 4 rings (SSSR count). The molecule has 1 N–H and O–H groups in total. The third-order valence-corrected chi connectivity index (χ3v) is 6.22. The van der Waals surface area contributed by atoms with Crippen LogP contribution in [0.4, 0.5) is 0 Å². The highest BCUT2D eigenvalue weighted by Crippen LogP contribution is 2.39. The van der Waals surface area contributed by atoms with Crippen LogP contribution in [0.2, 0.25) is 0 Å². The first-order valence-corrected chi connectivity index (χ1v) is 9.87. The highest BCUT2D eigenvalue weighted by Gasteiger charge is 2.31. The Morgan fingerprint density at radius 3 is 2.72 bits per heavy atom. The quantitative estimate of drug-likeness (QED) is 0.772. The van der Waals surface area contributed by atoms with Crippen LogP contribution in [-0.2, 0) is 24.3 Å². The summed E-state index contributed by atoms with van der Waals surface area (Å²) in [6.45, 7) is 14.4. The van der Waals surface area contributed by atoms with Crippen LogP contribution in [0.5, 0.6) is 0 Å². The molecular weight excluding hydrogens is 334 g/mol. The molecule has 0 bridgehead atoms. The highest BCUT2D eigenvalue weighted by molar-refractivity contribution is 7.19. The molecule has 0 saturated heterocycles. The molecule has 0 aromatic carbocycles. The van der Waals surface area contributed by atoms with E-state index in [1.807, 2.05) is 11.4 Å². The van der Waals surface area contributed by atoms with Crippen LogP contribution >= 0.6 is 11.3 Å². The minimum absolute atomic E-state index is 0.142. The molecule has 134 valence electrons. The maximum Gasteiger partial charge on any atom is 0.206 e. The normalized spacial score (nSPS) is 16.9. The Morgan fingerprint density at radius 2 is 2.00 bits per heavy atom. The van der Waals surface area contributed by atoms with Crippen molar-refractivity contribution in [3.8, 4) is 0 Å². The van der Waals surface area contributed by atoms with Gasteiger partial charge in [0.05, 0.1) is 30.7 Å². The van der Waals surface area contributed by atoms with Crippen molar-refractivity contribution in [3.63, 3.8) is 0 Å². The summed E-state index contributed by atoms with van der Waals surface area (Å²) >= 11 is 1.74. The fourth-order valence-electron chi connectivity index (χ4n) is 3.58. The van der Waals surface area contributed by atoms with E-state index in [1.54, 1.807) is 11.3 Å². The van der Waals surface area contributed by atoms with Crippen molar-refractivity contribution in [2.24, 2.45) is 0 Å². The van der Waals surface area contributed by atoms with Crippen molar-refractivity contribution >= 4 is 27.2 Å². The zero-order valence-corrected chi connectivity index (χ0v) is 16.5. The van der Waals surface area contributed by atoms with Gasteiger partial charge in [0.15, 0.2) is 5.65 Å². The van der Waals surface area contributed by atoms with Gasteiger partial charge < -0.3 is 9.64 Å². The Hall–Kier alpha value is -1.57. The van der Waals surface area contributed by atoms with Crippen molar-refractivity contribution in [2.45, 2.75) is 59.8 Å². The summed E-state index contributed by atoms with van der Waals surface area (Å²) in [5, 5.41) is 5.93. The number of ether oxygens (including phenoxy) is 1. The molecule has 3 aromatic heterocycles. The Morgan fingerprint density at radius 1 is 1.24 bits per heavy atom.